The van der Waals surface area contributed by atoms with E-state index in [-0.39, 0.29) is 18.6 Å². The quantitative estimate of drug-likeness (QED) is 0.694. The van der Waals surface area contributed by atoms with E-state index in [2.05, 4.69) is 5.32 Å². The number of hydrogen-bond acceptors (Lipinski definition) is 3. The van der Waals surface area contributed by atoms with Crippen LogP contribution in [0, 0.1) is 5.92 Å². The van der Waals surface area contributed by atoms with Gasteiger partial charge in [0.2, 0.25) is 0 Å². The lowest BCUT2D eigenvalue weighted by atomic mass is 10.2. The number of nitrogens with zero attached hydrogens (tertiary/aromatic N) is 1. The number of carbonyl (C=O) groups excluding carboxylic acids is 1. The van der Waals surface area contributed by atoms with Crippen LogP contribution in [0.1, 0.15) is 13.8 Å². The summed E-state index contributed by atoms with van der Waals surface area (Å²) in [6.45, 7) is 3.98. The third-order valence-electron chi connectivity index (χ3n) is 2.10. The average molecular weight is 232 g/mol. The number of urea groups is 1. The van der Waals surface area contributed by atoms with Gasteiger partial charge in [-0.1, -0.05) is 6.92 Å². The maximum Gasteiger partial charge on any atom is 0.317 e. The topological polar surface area (TPSA) is 78.9 Å². The van der Waals surface area contributed by atoms with Gasteiger partial charge < -0.3 is 20.1 Å². The molecular formula is C10H20N2O4. The highest BCUT2D eigenvalue weighted by Crippen LogP contribution is 1.98. The Balaban J connectivity index is 4.03. The maximum absolute atomic E-state index is 11.6. The largest absolute Gasteiger partial charge is 0.481 e. The van der Waals surface area contributed by atoms with Crippen LogP contribution in [0.5, 0.6) is 0 Å². The van der Waals surface area contributed by atoms with E-state index in [4.69, 9.17) is 9.84 Å². The van der Waals surface area contributed by atoms with E-state index in [0.717, 1.165) is 0 Å². The summed E-state index contributed by atoms with van der Waals surface area (Å²) in [5, 5.41) is 11.4. The van der Waals surface area contributed by atoms with Gasteiger partial charge in [-0.05, 0) is 6.92 Å². The molecule has 0 aromatic carbocycles. The smallest absolute Gasteiger partial charge is 0.317 e. The molecule has 0 saturated heterocycles. The van der Waals surface area contributed by atoms with Gasteiger partial charge in [-0.25, -0.2) is 4.79 Å². The summed E-state index contributed by atoms with van der Waals surface area (Å²) in [5.41, 5.74) is 0. The van der Waals surface area contributed by atoms with Crippen LogP contribution in [0.2, 0.25) is 0 Å². The molecule has 0 heterocycles. The summed E-state index contributed by atoms with van der Waals surface area (Å²) in [6.07, 6.45) is 0. The first-order chi connectivity index (χ1) is 7.38. The van der Waals surface area contributed by atoms with Gasteiger partial charge in [0, 0.05) is 20.7 Å². The molecule has 0 fully saturated rings. The number of methoxy groups -OCH3 is 1. The molecule has 0 radical (unpaired) electrons. The normalized spacial score (nSPS) is 14.0. The molecule has 2 N–H and O–H groups in total. The van der Waals surface area contributed by atoms with E-state index >= 15 is 0 Å². The van der Waals surface area contributed by atoms with E-state index in [1.54, 1.807) is 21.1 Å². The molecule has 0 aromatic heterocycles. The Labute approximate surface area is 95.6 Å². The highest BCUT2D eigenvalue weighted by Gasteiger charge is 2.18. The molecule has 94 valence electrons. The minimum absolute atomic E-state index is 0.0971. The van der Waals surface area contributed by atoms with Crippen molar-refractivity contribution in [3.8, 4) is 0 Å². The van der Waals surface area contributed by atoms with E-state index < -0.39 is 11.9 Å². The number of hydrogen-bond donors (Lipinski definition) is 2. The molecular weight excluding hydrogens is 212 g/mol. The molecule has 2 amide bonds. The zero-order valence-electron chi connectivity index (χ0n) is 10.2. The summed E-state index contributed by atoms with van der Waals surface area (Å²) in [5.74, 6) is -1.49. The second-order valence-corrected chi connectivity index (χ2v) is 3.93. The zero-order valence-corrected chi connectivity index (χ0v) is 10.2. The zero-order chi connectivity index (χ0) is 12.7. The van der Waals surface area contributed by atoms with Crippen molar-refractivity contribution < 1.29 is 19.4 Å². The molecule has 0 rings (SSSR count). The molecule has 6 heteroatoms. The minimum Gasteiger partial charge on any atom is -0.481 e. The van der Waals surface area contributed by atoms with Crippen LogP contribution < -0.4 is 5.32 Å². The lowest BCUT2D eigenvalue weighted by molar-refractivity contribution is -0.141. The fourth-order valence-corrected chi connectivity index (χ4v) is 1.18. The van der Waals surface area contributed by atoms with Gasteiger partial charge >= 0.3 is 12.0 Å². The number of carboxylic acid groups (broad SMARTS) is 1. The number of amides is 2. The summed E-state index contributed by atoms with van der Waals surface area (Å²) >= 11 is 0. The summed E-state index contributed by atoms with van der Waals surface area (Å²) in [6, 6.07) is -0.391. The highest BCUT2D eigenvalue weighted by molar-refractivity contribution is 5.75. The lowest BCUT2D eigenvalue weighted by Crippen LogP contribution is -2.45. The van der Waals surface area contributed by atoms with Gasteiger partial charge in [0.15, 0.2) is 0 Å². The molecule has 0 spiro atoms. The minimum atomic E-state index is -0.912. The standard InChI is InChI=1S/C10H20N2O4/c1-7(9(13)14)5-12(3)10(15)11-8(2)6-16-4/h7-8H,5-6H2,1-4H3,(H,11,15)(H,13,14). The Hall–Kier alpha value is -1.30. The number of nitrogens with one attached hydrogen (secondary N) is 1. The van der Waals surface area contributed by atoms with Crippen LogP contribution in [-0.2, 0) is 9.53 Å². The van der Waals surface area contributed by atoms with Crippen molar-refractivity contribution >= 4 is 12.0 Å². The fourth-order valence-electron chi connectivity index (χ4n) is 1.18. The molecule has 16 heavy (non-hydrogen) atoms. The van der Waals surface area contributed by atoms with Crippen molar-refractivity contribution in [2.75, 3.05) is 27.3 Å². The lowest BCUT2D eigenvalue weighted by Gasteiger charge is -2.22. The van der Waals surface area contributed by atoms with Crippen molar-refractivity contribution in [3.05, 3.63) is 0 Å². The molecule has 0 aliphatic carbocycles. The molecule has 0 bridgehead atoms. The monoisotopic (exact) mass is 232 g/mol. The molecule has 0 aliphatic heterocycles. The second kappa shape index (κ2) is 7.05. The number of carboxylic acids is 1. The Morgan fingerprint density at radius 1 is 1.44 bits per heavy atom. The van der Waals surface area contributed by atoms with Gasteiger partial charge in [0.05, 0.1) is 18.6 Å². The predicted octanol–water partition coefficient (Wildman–Crippen LogP) is 0.383. The first-order valence-corrected chi connectivity index (χ1v) is 5.11. The van der Waals surface area contributed by atoms with E-state index in [1.807, 2.05) is 6.92 Å². The first-order valence-electron chi connectivity index (χ1n) is 5.11. The average Bonchev–Trinajstić information content (AvgIpc) is 2.17. The molecule has 6 nitrogen and oxygen atoms in total. The van der Waals surface area contributed by atoms with Crippen molar-refractivity contribution in [3.63, 3.8) is 0 Å². The van der Waals surface area contributed by atoms with Crippen LogP contribution in [0.3, 0.4) is 0 Å². The number of rotatable bonds is 6. The van der Waals surface area contributed by atoms with Crippen molar-refractivity contribution in [2.45, 2.75) is 19.9 Å². The van der Waals surface area contributed by atoms with Crippen LogP contribution >= 0.6 is 0 Å². The Bertz CT molecular complexity index is 245. The molecule has 2 unspecified atom stereocenters. The van der Waals surface area contributed by atoms with Crippen molar-refractivity contribution in [1.29, 1.82) is 0 Å². The van der Waals surface area contributed by atoms with Gasteiger partial charge in [0.25, 0.3) is 0 Å². The van der Waals surface area contributed by atoms with Gasteiger partial charge in [-0.2, -0.15) is 0 Å². The van der Waals surface area contributed by atoms with Crippen LogP contribution in [0.25, 0.3) is 0 Å². The summed E-state index contributed by atoms with van der Waals surface area (Å²) in [7, 11) is 3.12. The van der Waals surface area contributed by atoms with Crippen LogP contribution in [0.15, 0.2) is 0 Å². The predicted molar refractivity (Wildman–Crippen MR) is 59.3 cm³/mol. The summed E-state index contributed by atoms with van der Waals surface area (Å²) in [4.78, 5) is 23.5. The summed E-state index contributed by atoms with van der Waals surface area (Å²) < 4.78 is 4.88. The molecule has 0 saturated carbocycles. The second-order valence-electron chi connectivity index (χ2n) is 3.93. The van der Waals surface area contributed by atoms with Gasteiger partial charge in [0.1, 0.15) is 0 Å². The Morgan fingerprint density at radius 2 is 2.00 bits per heavy atom. The third-order valence-corrected chi connectivity index (χ3v) is 2.10. The first kappa shape index (κ1) is 14.7. The van der Waals surface area contributed by atoms with Gasteiger partial charge in [-0.3, -0.25) is 4.79 Å². The molecule has 0 aliphatic rings. The number of carbonyl (C=O) groups is 2. The maximum atomic E-state index is 11.6. The Morgan fingerprint density at radius 3 is 2.44 bits per heavy atom. The third kappa shape index (κ3) is 5.55. The van der Waals surface area contributed by atoms with Crippen LogP contribution in [0.4, 0.5) is 4.79 Å². The number of aliphatic carboxylic acids is 1. The van der Waals surface area contributed by atoms with E-state index in [1.165, 1.54) is 4.90 Å². The molecule has 0 aromatic rings. The van der Waals surface area contributed by atoms with Crippen LogP contribution in [-0.4, -0.2) is 55.4 Å². The van der Waals surface area contributed by atoms with Gasteiger partial charge in [-0.15, -0.1) is 0 Å². The van der Waals surface area contributed by atoms with Crippen molar-refractivity contribution in [2.24, 2.45) is 5.92 Å². The van der Waals surface area contributed by atoms with Crippen molar-refractivity contribution in [1.82, 2.24) is 10.2 Å². The highest BCUT2D eigenvalue weighted by atomic mass is 16.5. The molecule has 2 atom stereocenters. The fraction of sp³-hybridized carbons (Fsp3) is 0.800. The van der Waals surface area contributed by atoms with E-state index in [0.29, 0.717) is 6.61 Å². The number of ether oxygens (including phenoxy) is 1. The van der Waals surface area contributed by atoms with E-state index in [9.17, 15) is 9.59 Å². The SMILES string of the molecule is COCC(C)NC(=O)N(C)CC(C)C(=O)O. The Kier molecular flexibility index (Phi) is 6.48.